The zero-order valence-corrected chi connectivity index (χ0v) is 19.0. The van der Waals surface area contributed by atoms with Gasteiger partial charge < -0.3 is 10.6 Å². The molecule has 0 bridgehead atoms. The van der Waals surface area contributed by atoms with E-state index in [0.29, 0.717) is 19.0 Å². The Hall–Kier alpha value is -0.870. The Morgan fingerprint density at radius 1 is 1.23 bits per heavy atom. The Bertz CT molecular complexity index is 707. The van der Waals surface area contributed by atoms with Crippen molar-refractivity contribution in [2.75, 3.05) is 25.9 Å². The number of nitrogens with one attached hydrogen (secondary N) is 3. The topological polar surface area (TPSA) is 82.6 Å². The maximum Gasteiger partial charge on any atom is 0.208 e. The van der Waals surface area contributed by atoms with Crippen LogP contribution in [0.4, 0.5) is 0 Å². The van der Waals surface area contributed by atoms with Crippen LogP contribution in [-0.2, 0) is 22.9 Å². The van der Waals surface area contributed by atoms with Crippen molar-refractivity contribution in [3.8, 4) is 0 Å². The van der Waals surface area contributed by atoms with Gasteiger partial charge in [-0.25, -0.2) is 13.1 Å². The molecule has 0 aliphatic heterocycles. The summed E-state index contributed by atoms with van der Waals surface area (Å²) >= 11 is 0. The lowest BCUT2D eigenvalue weighted by atomic mass is 9.89. The molecular weight excluding hydrogens is 463 g/mol. The molecule has 0 saturated carbocycles. The summed E-state index contributed by atoms with van der Waals surface area (Å²) in [4.78, 5) is 4.44. The predicted molar refractivity (Wildman–Crippen MR) is 119 cm³/mol. The van der Waals surface area contributed by atoms with Crippen LogP contribution in [-0.4, -0.2) is 40.3 Å². The summed E-state index contributed by atoms with van der Waals surface area (Å²) in [6.07, 6.45) is 6.07. The van der Waals surface area contributed by atoms with Crippen molar-refractivity contribution < 1.29 is 8.42 Å². The molecule has 1 aromatic rings. The Morgan fingerprint density at radius 3 is 2.58 bits per heavy atom. The highest BCUT2D eigenvalue weighted by Gasteiger charge is 2.13. The molecule has 0 heterocycles. The van der Waals surface area contributed by atoms with Crippen LogP contribution in [0.2, 0.25) is 0 Å². The molecule has 0 fully saturated rings. The number of benzene rings is 1. The molecule has 0 spiro atoms. The van der Waals surface area contributed by atoms with Crippen molar-refractivity contribution in [1.82, 2.24) is 15.4 Å². The van der Waals surface area contributed by atoms with Gasteiger partial charge in [-0.1, -0.05) is 18.2 Å². The van der Waals surface area contributed by atoms with Gasteiger partial charge in [-0.2, -0.15) is 0 Å². The first-order valence-corrected chi connectivity index (χ1v) is 10.9. The number of hydrogen-bond acceptors (Lipinski definition) is 3. The summed E-state index contributed by atoms with van der Waals surface area (Å²) in [6, 6.07) is 6.88. The number of hydrogen-bond donors (Lipinski definition) is 3. The smallest absolute Gasteiger partial charge is 0.208 e. The molecule has 148 valence electrons. The zero-order valence-electron chi connectivity index (χ0n) is 15.8. The SMILES string of the molecule is CCNC(=NCCNS(C)(=O)=O)NC(C)c1ccc2c(c1)CCCC2.I. The fourth-order valence-electron chi connectivity index (χ4n) is 3.03. The van der Waals surface area contributed by atoms with Gasteiger partial charge in [0.05, 0.1) is 18.8 Å². The van der Waals surface area contributed by atoms with E-state index in [9.17, 15) is 8.42 Å². The molecule has 6 nitrogen and oxygen atoms in total. The predicted octanol–water partition coefficient (Wildman–Crippen LogP) is 2.35. The lowest BCUT2D eigenvalue weighted by molar-refractivity contribution is 0.588. The molecule has 0 aromatic heterocycles. The highest BCUT2D eigenvalue weighted by Crippen LogP contribution is 2.24. The van der Waals surface area contributed by atoms with Crippen molar-refractivity contribution in [2.24, 2.45) is 4.99 Å². The van der Waals surface area contributed by atoms with Gasteiger partial charge in [0.1, 0.15) is 0 Å². The third-order valence-corrected chi connectivity index (χ3v) is 5.04. The summed E-state index contributed by atoms with van der Waals surface area (Å²) in [5, 5.41) is 6.61. The van der Waals surface area contributed by atoms with Gasteiger partial charge in [0.2, 0.25) is 10.0 Å². The number of guanidine groups is 1. The van der Waals surface area contributed by atoms with Crippen molar-refractivity contribution in [3.63, 3.8) is 0 Å². The fourth-order valence-corrected chi connectivity index (χ4v) is 3.49. The number of halogens is 1. The van der Waals surface area contributed by atoms with E-state index < -0.39 is 10.0 Å². The molecule has 1 aliphatic carbocycles. The van der Waals surface area contributed by atoms with Crippen molar-refractivity contribution in [2.45, 2.75) is 45.6 Å². The van der Waals surface area contributed by atoms with Crippen molar-refractivity contribution >= 4 is 40.0 Å². The van der Waals surface area contributed by atoms with Gasteiger partial charge in [-0.05, 0) is 56.2 Å². The third kappa shape index (κ3) is 7.79. The van der Waals surface area contributed by atoms with Crippen LogP contribution in [0.1, 0.15) is 49.4 Å². The molecule has 1 atom stereocenters. The standard InChI is InChI=1S/C18H30N4O2S.HI/c1-4-19-18(20-11-12-21-25(3,23)24)22-14(2)16-10-9-15-7-5-6-8-17(15)13-16;/h9-10,13-14,21H,4-8,11-12H2,1-3H3,(H2,19,20,22);1H. The zero-order chi connectivity index (χ0) is 18.3. The van der Waals surface area contributed by atoms with Crippen molar-refractivity contribution in [1.29, 1.82) is 0 Å². The molecule has 1 unspecified atom stereocenters. The maximum absolute atomic E-state index is 11.1. The quantitative estimate of drug-likeness (QED) is 0.235. The average Bonchev–Trinajstić information content (AvgIpc) is 2.57. The number of aliphatic imine (C=N–C) groups is 1. The summed E-state index contributed by atoms with van der Waals surface area (Å²) in [6.45, 7) is 5.56. The van der Waals surface area contributed by atoms with Gasteiger partial charge in [0, 0.05) is 13.1 Å². The van der Waals surface area contributed by atoms with Crippen LogP contribution < -0.4 is 15.4 Å². The summed E-state index contributed by atoms with van der Waals surface area (Å²) in [5.74, 6) is 0.697. The average molecular weight is 494 g/mol. The second kappa shape index (κ2) is 11.1. The Balaban J connectivity index is 0.00000338. The van der Waals surface area contributed by atoms with Crippen LogP contribution in [0.3, 0.4) is 0 Å². The lowest BCUT2D eigenvalue weighted by Crippen LogP contribution is -2.39. The number of sulfonamides is 1. The van der Waals surface area contributed by atoms with Gasteiger partial charge in [0.15, 0.2) is 5.96 Å². The Labute approximate surface area is 174 Å². The number of nitrogens with zero attached hydrogens (tertiary/aromatic N) is 1. The Kier molecular flexibility index (Phi) is 9.88. The molecule has 1 aliphatic rings. The highest BCUT2D eigenvalue weighted by atomic mass is 127. The van der Waals surface area contributed by atoms with E-state index in [1.54, 1.807) is 0 Å². The van der Waals surface area contributed by atoms with Gasteiger partial charge >= 0.3 is 0 Å². The molecule has 0 saturated heterocycles. The molecule has 1 aromatic carbocycles. The van der Waals surface area contributed by atoms with E-state index in [1.807, 2.05) is 6.92 Å². The molecule has 2 rings (SSSR count). The monoisotopic (exact) mass is 494 g/mol. The maximum atomic E-state index is 11.1. The molecular formula is C18H31IN4O2S. The van der Waals surface area contributed by atoms with Gasteiger partial charge in [-0.3, -0.25) is 4.99 Å². The van der Waals surface area contributed by atoms with Crippen LogP contribution in [0, 0.1) is 0 Å². The molecule has 8 heteroatoms. The second-order valence-electron chi connectivity index (χ2n) is 6.53. The van der Waals surface area contributed by atoms with E-state index in [0.717, 1.165) is 12.8 Å². The summed E-state index contributed by atoms with van der Waals surface area (Å²) in [5.41, 5.74) is 4.20. The Morgan fingerprint density at radius 2 is 1.92 bits per heavy atom. The fraction of sp³-hybridized carbons (Fsp3) is 0.611. The van der Waals surface area contributed by atoms with Crippen LogP contribution >= 0.6 is 24.0 Å². The minimum absolute atomic E-state index is 0. The van der Waals surface area contributed by atoms with Crippen LogP contribution in [0.15, 0.2) is 23.2 Å². The number of aryl methyl sites for hydroxylation is 2. The lowest BCUT2D eigenvalue weighted by Gasteiger charge is -2.21. The van der Waals surface area contributed by atoms with Gasteiger partial charge in [0.25, 0.3) is 0 Å². The van der Waals surface area contributed by atoms with Crippen LogP contribution in [0.5, 0.6) is 0 Å². The molecule has 3 N–H and O–H groups in total. The first-order valence-electron chi connectivity index (χ1n) is 9.00. The normalized spacial score (nSPS) is 15.6. The van der Waals surface area contributed by atoms with E-state index in [4.69, 9.17) is 0 Å². The molecule has 0 amide bonds. The van der Waals surface area contributed by atoms with E-state index in [2.05, 4.69) is 45.5 Å². The highest BCUT2D eigenvalue weighted by molar-refractivity contribution is 14.0. The first kappa shape index (κ1) is 23.2. The van der Waals surface area contributed by atoms with E-state index >= 15 is 0 Å². The minimum Gasteiger partial charge on any atom is -0.357 e. The summed E-state index contributed by atoms with van der Waals surface area (Å²) < 4.78 is 24.6. The van der Waals surface area contributed by atoms with Gasteiger partial charge in [-0.15, -0.1) is 24.0 Å². The largest absolute Gasteiger partial charge is 0.357 e. The van der Waals surface area contributed by atoms with E-state index in [-0.39, 0.29) is 30.0 Å². The van der Waals surface area contributed by atoms with Crippen molar-refractivity contribution in [3.05, 3.63) is 34.9 Å². The van der Waals surface area contributed by atoms with E-state index in [1.165, 1.54) is 42.4 Å². The third-order valence-electron chi connectivity index (χ3n) is 4.32. The second-order valence-corrected chi connectivity index (χ2v) is 8.36. The molecule has 0 radical (unpaired) electrons. The number of fused-ring (bicyclic) bond motifs is 1. The van der Waals surface area contributed by atoms with Crippen LogP contribution in [0.25, 0.3) is 0 Å². The summed E-state index contributed by atoms with van der Waals surface area (Å²) in [7, 11) is -3.17. The minimum atomic E-state index is -3.17. The number of rotatable bonds is 7. The first-order chi connectivity index (χ1) is 11.9. The molecule has 26 heavy (non-hydrogen) atoms.